The predicted molar refractivity (Wildman–Crippen MR) is 259 cm³/mol. The minimum absolute atomic E-state index is 0.000318. The van der Waals surface area contributed by atoms with Crippen LogP contribution in [-0.2, 0) is 5.41 Å². The van der Waals surface area contributed by atoms with E-state index in [1.165, 1.54) is 33.4 Å². The highest BCUT2D eigenvalue weighted by Gasteiger charge is 2.57. The molecule has 0 saturated heterocycles. The highest BCUT2D eigenvalue weighted by Crippen LogP contribution is 2.65. The lowest BCUT2D eigenvalue weighted by atomic mass is 9.58. The van der Waals surface area contributed by atoms with Crippen LogP contribution in [0.2, 0.25) is 0 Å². The molecule has 9 aromatic rings. The van der Waals surface area contributed by atoms with Gasteiger partial charge in [-0.25, -0.2) is 15.0 Å². The van der Waals surface area contributed by atoms with Crippen molar-refractivity contribution < 1.29 is 4.74 Å². The maximum Gasteiger partial charge on any atom is 0.159 e. The second-order valence-corrected chi connectivity index (χ2v) is 17.0. The molecule has 4 aliphatic rings. The third-order valence-electron chi connectivity index (χ3n) is 13.7. The summed E-state index contributed by atoms with van der Waals surface area (Å²) in [4.78, 5) is 15.4. The quantitative estimate of drug-likeness (QED) is 0.188. The number of hydrogen-bond donors (Lipinski definition) is 1. The predicted octanol–water partition coefficient (Wildman–Crippen LogP) is 13.2. The highest BCUT2D eigenvalue weighted by molar-refractivity contribution is 6.13. The van der Waals surface area contributed by atoms with Crippen molar-refractivity contribution in [3.63, 3.8) is 0 Å². The van der Waals surface area contributed by atoms with Gasteiger partial charge >= 0.3 is 0 Å². The molecular weight excluding hydrogens is 781 g/mol. The zero-order valence-electron chi connectivity index (χ0n) is 34.8. The molecule has 5 heteroatoms. The van der Waals surface area contributed by atoms with Gasteiger partial charge in [-0.3, -0.25) is 0 Å². The first kappa shape index (κ1) is 36.5. The lowest BCUT2D eigenvalue weighted by Gasteiger charge is -2.49. The lowest BCUT2D eigenvalue weighted by Crippen LogP contribution is -2.45. The van der Waals surface area contributed by atoms with E-state index in [9.17, 15) is 0 Å². The Hall–Kier alpha value is -8.15. The second-order valence-electron chi connectivity index (χ2n) is 17.0. The minimum atomic E-state index is -0.427. The molecule has 302 valence electrons. The van der Waals surface area contributed by atoms with E-state index in [2.05, 4.69) is 187 Å². The van der Waals surface area contributed by atoms with E-state index in [1.807, 2.05) is 36.4 Å². The summed E-state index contributed by atoms with van der Waals surface area (Å²) in [6.45, 7) is 0. The Balaban J connectivity index is 0.872. The van der Waals surface area contributed by atoms with Gasteiger partial charge in [0, 0.05) is 44.7 Å². The van der Waals surface area contributed by atoms with Crippen LogP contribution >= 0.6 is 0 Å². The number of para-hydroxylation sites is 2. The molecule has 1 aromatic heterocycles. The third kappa shape index (κ3) is 5.53. The fourth-order valence-electron chi connectivity index (χ4n) is 10.8. The number of fused-ring (bicyclic) bond motifs is 13. The molecule has 0 bridgehead atoms. The van der Waals surface area contributed by atoms with E-state index in [0.29, 0.717) is 5.84 Å². The van der Waals surface area contributed by atoms with Crippen molar-refractivity contribution in [2.45, 2.75) is 17.7 Å². The Kier molecular flexibility index (Phi) is 8.25. The molecule has 3 unspecified atom stereocenters. The molecule has 0 radical (unpaired) electrons. The van der Waals surface area contributed by atoms with Crippen molar-refractivity contribution in [1.82, 2.24) is 10.3 Å². The van der Waals surface area contributed by atoms with Crippen LogP contribution in [0.3, 0.4) is 0 Å². The molecule has 0 amide bonds. The number of aliphatic imine (C=N–C) groups is 2. The van der Waals surface area contributed by atoms with Crippen molar-refractivity contribution in [2.75, 3.05) is 0 Å². The topological polar surface area (TPSA) is 58.9 Å². The number of aromatic nitrogens is 1. The molecule has 3 heterocycles. The maximum atomic E-state index is 7.27. The Morgan fingerprint density at radius 2 is 1.08 bits per heavy atom. The molecular formula is C59H40N4O. The molecule has 2 aliphatic heterocycles. The van der Waals surface area contributed by atoms with E-state index in [1.54, 1.807) is 0 Å². The fraction of sp³-hybridized carbons (Fsp3) is 0.0678. The van der Waals surface area contributed by atoms with Gasteiger partial charge in [-0.15, -0.1) is 0 Å². The van der Waals surface area contributed by atoms with Crippen LogP contribution < -0.4 is 10.1 Å². The van der Waals surface area contributed by atoms with Crippen molar-refractivity contribution in [2.24, 2.45) is 15.9 Å². The number of ether oxygens (including phenoxy) is 1. The van der Waals surface area contributed by atoms with Crippen LogP contribution in [0.25, 0.3) is 50.5 Å². The van der Waals surface area contributed by atoms with Gasteiger partial charge in [-0.1, -0.05) is 206 Å². The summed E-state index contributed by atoms with van der Waals surface area (Å²) in [7, 11) is 0. The molecule has 64 heavy (non-hydrogen) atoms. The normalized spacial score (nSPS) is 18.3. The highest BCUT2D eigenvalue weighted by atomic mass is 16.5. The number of nitrogens with one attached hydrogen (secondary N) is 1. The van der Waals surface area contributed by atoms with E-state index < -0.39 is 5.41 Å². The molecule has 1 spiro atoms. The van der Waals surface area contributed by atoms with Gasteiger partial charge < -0.3 is 10.1 Å². The van der Waals surface area contributed by atoms with E-state index in [-0.39, 0.29) is 18.2 Å². The smallest absolute Gasteiger partial charge is 0.159 e. The zero-order valence-corrected chi connectivity index (χ0v) is 34.8. The fourth-order valence-corrected chi connectivity index (χ4v) is 10.8. The number of rotatable bonds is 5. The van der Waals surface area contributed by atoms with Crippen LogP contribution in [-0.4, -0.2) is 16.7 Å². The van der Waals surface area contributed by atoms with Gasteiger partial charge in [0.1, 0.15) is 23.9 Å². The Bertz CT molecular complexity index is 3340. The summed E-state index contributed by atoms with van der Waals surface area (Å²) in [5, 5.41) is 4.72. The monoisotopic (exact) mass is 820 g/mol. The van der Waals surface area contributed by atoms with Crippen molar-refractivity contribution in [3.8, 4) is 39.3 Å². The zero-order chi connectivity index (χ0) is 42.2. The molecule has 0 saturated carbocycles. The van der Waals surface area contributed by atoms with Crippen molar-refractivity contribution >= 4 is 28.7 Å². The van der Waals surface area contributed by atoms with Gasteiger partial charge in [0.05, 0.1) is 16.6 Å². The molecule has 3 atom stereocenters. The largest absolute Gasteiger partial charge is 0.485 e. The first-order chi connectivity index (χ1) is 31.7. The SMILES string of the molecule is C1=CC2C(Oc3ccccc3C23c2ccccc2-c2ccccc23)c2c1c(-c1ccc(-c3ccc(C4N=C(c5ccccc5)N=C(c5ccccc5)N4)cc3)cc1)nc1ccccc21. The summed E-state index contributed by atoms with van der Waals surface area (Å²) >= 11 is 0. The van der Waals surface area contributed by atoms with Crippen LogP contribution in [0.1, 0.15) is 56.8 Å². The molecule has 1 N–H and O–H groups in total. The lowest BCUT2D eigenvalue weighted by molar-refractivity contribution is 0.104. The van der Waals surface area contributed by atoms with Crippen LogP contribution in [0.5, 0.6) is 5.75 Å². The molecule has 2 aliphatic carbocycles. The van der Waals surface area contributed by atoms with Gasteiger partial charge in [-0.05, 0) is 51.1 Å². The first-order valence-electron chi connectivity index (χ1n) is 22.0. The summed E-state index contributed by atoms with van der Waals surface area (Å²) in [6.07, 6.45) is 4.21. The second kappa shape index (κ2) is 14.5. The number of amidine groups is 2. The minimum Gasteiger partial charge on any atom is -0.485 e. The number of hydrogen-bond acceptors (Lipinski definition) is 5. The van der Waals surface area contributed by atoms with Crippen LogP contribution in [0, 0.1) is 5.92 Å². The standard InChI is InChI=1S/C59H40N4O/c1-3-15-40(16-4-1)56-61-57(41-17-5-2-6-18-41)63-58(62-56)42-33-29-38(30-34-42)37-27-31-39(32-28-37)54-46-35-36-50-55(53(46)45-21-9-13-25-51(45)60-54)64-52-26-14-12-24-49(52)59(50)47-22-10-7-19-43(47)44-20-8-11-23-48(44)59/h1-36,50,55,58H,(H,61,62,63). The molecule has 13 rings (SSSR count). The Morgan fingerprint density at radius 3 is 1.80 bits per heavy atom. The number of benzene rings is 8. The van der Waals surface area contributed by atoms with Gasteiger partial charge in [0.25, 0.3) is 0 Å². The molecule has 0 fully saturated rings. The summed E-state index contributed by atoms with van der Waals surface area (Å²) < 4.78 is 7.27. The van der Waals surface area contributed by atoms with E-state index in [4.69, 9.17) is 19.7 Å². The Labute approximate surface area is 371 Å². The maximum absolute atomic E-state index is 7.27. The third-order valence-corrected chi connectivity index (χ3v) is 13.7. The molecule has 5 nitrogen and oxygen atoms in total. The average Bonchev–Trinajstić information content (AvgIpc) is 3.67. The Morgan fingerprint density at radius 1 is 0.500 bits per heavy atom. The van der Waals surface area contributed by atoms with Crippen LogP contribution in [0.4, 0.5) is 0 Å². The molecule has 8 aromatic carbocycles. The van der Waals surface area contributed by atoms with Gasteiger partial charge in [0.15, 0.2) is 5.84 Å². The summed E-state index contributed by atoms with van der Waals surface area (Å²) in [6, 6.07) is 73.2. The van der Waals surface area contributed by atoms with E-state index >= 15 is 0 Å². The first-order valence-corrected chi connectivity index (χ1v) is 22.0. The number of pyridine rings is 1. The number of nitrogens with zero attached hydrogens (tertiary/aromatic N) is 3. The van der Waals surface area contributed by atoms with Crippen LogP contribution in [0.15, 0.2) is 222 Å². The van der Waals surface area contributed by atoms with Gasteiger partial charge in [0.2, 0.25) is 0 Å². The van der Waals surface area contributed by atoms with Gasteiger partial charge in [-0.2, -0.15) is 0 Å². The van der Waals surface area contributed by atoms with Crippen molar-refractivity contribution in [1.29, 1.82) is 0 Å². The summed E-state index contributed by atoms with van der Waals surface area (Å²) in [5.41, 5.74) is 16.7. The van der Waals surface area contributed by atoms with E-state index in [0.717, 1.165) is 67.1 Å². The summed E-state index contributed by atoms with van der Waals surface area (Å²) in [5.74, 6) is 2.45. The average molecular weight is 821 g/mol. The van der Waals surface area contributed by atoms with Crippen molar-refractivity contribution in [3.05, 3.63) is 257 Å².